The third kappa shape index (κ3) is 4.94. The van der Waals surface area contributed by atoms with Gasteiger partial charge in [0.2, 0.25) is 0 Å². The van der Waals surface area contributed by atoms with Crippen LogP contribution in [0.25, 0.3) is 0 Å². The molecule has 0 radical (unpaired) electrons. The number of ether oxygens (including phenoxy) is 2. The molecule has 0 aromatic rings. The summed E-state index contributed by atoms with van der Waals surface area (Å²) < 4.78 is 11.4. The van der Waals surface area contributed by atoms with E-state index >= 15 is 0 Å². The second-order valence-corrected chi connectivity index (χ2v) is 5.20. The zero-order chi connectivity index (χ0) is 12.6. The number of hydrogen-bond donors (Lipinski definition) is 1. The van der Waals surface area contributed by atoms with Gasteiger partial charge >= 0.3 is 0 Å². The molecule has 0 atom stereocenters. The molecule has 0 amide bonds. The van der Waals surface area contributed by atoms with Crippen LogP contribution in [0.4, 0.5) is 0 Å². The minimum atomic E-state index is -0.0543. The summed E-state index contributed by atoms with van der Waals surface area (Å²) in [7, 11) is 0. The van der Waals surface area contributed by atoms with E-state index in [0.29, 0.717) is 19.8 Å². The number of nitrogens with two attached hydrogens (primary N) is 1. The Balaban J connectivity index is 2.22. The molecular weight excluding hydrogens is 214 g/mol. The first-order valence-corrected chi connectivity index (χ1v) is 7.18. The van der Waals surface area contributed by atoms with Crippen LogP contribution in [0.2, 0.25) is 0 Å². The molecule has 0 aromatic heterocycles. The van der Waals surface area contributed by atoms with Gasteiger partial charge in [-0.3, -0.25) is 0 Å². The molecule has 3 heteroatoms. The van der Waals surface area contributed by atoms with Crippen LogP contribution < -0.4 is 5.73 Å². The van der Waals surface area contributed by atoms with Crippen molar-refractivity contribution in [2.75, 3.05) is 26.4 Å². The summed E-state index contributed by atoms with van der Waals surface area (Å²) >= 11 is 0. The molecule has 1 saturated carbocycles. The Morgan fingerprint density at radius 2 is 1.82 bits per heavy atom. The fraction of sp³-hybridized carbons (Fsp3) is 1.00. The summed E-state index contributed by atoms with van der Waals surface area (Å²) in [6.45, 7) is 7.27. The van der Waals surface area contributed by atoms with Gasteiger partial charge in [-0.2, -0.15) is 0 Å². The van der Waals surface area contributed by atoms with Gasteiger partial charge in [0.05, 0.1) is 18.8 Å². The highest BCUT2D eigenvalue weighted by Gasteiger charge is 2.34. The fourth-order valence-corrected chi connectivity index (χ4v) is 2.58. The molecule has 0 unspecified atom stereocenters. The average molecular weight is 243 g/mol. The van der Waals surface area contributed by atoms with Gasteiger partial charge in [-0.25, -0.2) is 0 Å². The van der Waals surface area contributed by atoms with Crippen molar-refractivity contribution in [3.8, 4) is 0 Å². The maximum atomic E-state index is 6.01. The predicted molar refractivity (Wildman–Crippen MR) is 71.1 cm³/mol. The number of hydrogen-bond acceptors (Lipinski definition) is 3. The van der Waals surface area contributed by atoms with Crippen molar-refractivity contribution < 1.29 is 9.47 Å². The van der Waals surface area contributed by atoms with E-state index in [1.54, 1.807) is 0 Å². The quantitative estimate of drug-likeness (QED) is 0.667. The summed E-state index contributed by atoms with van der Waals surface area (Å²) in [5.74, 6) is 0.884. The maximum Gasteiger partial charge on any atom is 0.0805 e. The third-order valence-electron chi connectivity index (χ3n) is 3.95. The van der Waals surface area contributed by atoms with Crippen LogP contribution in [0, 0.1) is 5.92 Å². The van der Waals surface area contributed by atoms with Crippen molar-refractivity contribution in [1.29, 1.82) is 0 Å². The Labute approximate surface area is 106 Å². The van der Waals surface area contributed by atoms with Crippen LogP contribution in [0.5, 0.6) is 0 Å². The molecule has 1 rings (SSSR count). The normalized spacial score (nSPS) is 29.5. The summed E-state index contributed by atoms with van der Waals surface area (Å²) in [5.41, 5.74) is 5.85. The second-order valence-electron chi connectivity index (χ2n) is 5.20. The largest absolute Gasteiger partial charge is 0.379 e. The van der Waals surface area contributed by atoms with Gasteiger partial charge in [0, 0.05) is 13.2 Å². The molecule has 0 bridgehead atoms. The molecule has 102 valence electrons. The van der Waals surface area contributed by atoms with E-state index in [9.17, 15) is 0 Å². The minimum Gasteiger partial charge on any atom is -0.379 e. The Kier molecular flexibility index (Phi) is 7.09. The Morgan fingerprint density at radius 1 is 1.12 bits per heavy atom. The van der Waals surface area contributed by atoms with Crippen LogP contribution in [0.3, 0.4) is 0 Å². The molecule has 0 aromatic carbocycles. The SMILES string of the molecule is CCCOCCOC1(CN)CCC(CC)CC1. The molecular formula is C14H29NO2. The Morgan fingerprint density at radius 3 is 2.35 bits per heavy atom. The first-order chi connectivity index (χ1) is 8.26. The Bertz CT molecular complexity index is 189. The summed E-state index contributed by atoms with van der Waals surface area (Å²) in [4.78, 5) is 0. The topological polar surface area (TPSA) is 44.5 Å². The second kappa shape index (κ2) is 8.06. The lowest BCUT2D eigenvalue weighted by Crippen LogP contribution is -2.44. The van der Waals surface area contributed by atoms with Crippen LogP contribution in [0.15, 0.2) is 0 Å². The van der Waals surface area contributed by atoms with Gasteiger partial charge < -0.3 is 15.2 Å². The van der Waals surface area contributed by atoms with E-state index in [1.165, 1.54) is 19.3 Å². The molecule has 0 aliphatic heterocycles. The van der Waals surface area contributed by atoms with E-state index < -0.39 is 0 Å². The minimum absolute atomic E-state index is 0.0543. The zero-order valence-electron chi connectivity index (χ0n) is 11.5. The highest BCUT2D eigenvalue weighted by molar-refractivity contribution is 4.88. The van der Waals surface area contributed by atoms with Crippen molar-refractivity contribution in [2.24, 2.45) is 11.7 Å². The highest BCUT2D eigenvalue weighted by atomic mass is 16.5. The van der Waals surface area contributed by atoms with Gasteiger partial charge in [0.1, 0.15) is 0 Å². The van der Waals surface area contributed by atoms with Crippen molar-refractivity contribution in [3.05, 3.63) is 0 Å². The predicted octanol–water partition coefficient (Wildman–Crippen LogP) is 2.73. The van der Waals surface area contributed by atoms with Crippen molar-refractivity contribution in [2.45, 2.75) is 58.0 Å². The average Bonchev–Trinajstić information content (AvgIpc) is 2.39. The summed E-state index contributed by atoms with van der Waals surface area (Å²) in [6.07, 6.45) is 7.14. The molecule has 2 N–H and O–H groups in total. The molecule has 1 aliphatic carbocycles. The lowest BCUT2D eigenvalue weighted by Gasteiger charge is -2.39. The summed E-state index contributed by atoms with van der Waals surface area (Å²) in [6, 6.07) is 0. The van der Waals surface area contributed by atoms with Crippen LogP contribution in [0.1, 0.15) is 52.4 Å². The molecule has 0 saturated heterocycles. The van der Waals surface area contributed by atoms with Crippen LogP contribution in [-0.2, 0) is 9.47 Å². The van der Waals surface area contributed by atoms with Gasteiger partial charge in [0.25, 0.3) is 0 Å². The van der Waals surface area contributed by atoms with Crippen molar-refractivity contribution in [3.63, 3.8) is 0 Å². The zero-order valence-corrected chi connectivity index (χ0v) is 11.5. The molecule has 1 fully saturated rings. The Hall–Kier alpha value is -0.120. The molecule has 17 heavy (non-hydrogen) atoms. The van der Waals surface area contributed by atoms with E-state index in [4.69, 9.17) is 15.2 Å². The molecule has 3 nitrogen and oxygen atoms in total. The van der Waals surface area contributed by atoms with Gasteiger partial charge in [-0.05, 0) is 38.0 Å². The van der Waals surface area contributed by atoms with Gasteiger partial charge in [-0.15, -0.1) is 0 Å². The lowest BCUT2D eigenvalue weighted by atomic mass is 9.77. The van der Waals surface area contributed by atoms with E-state index in [1.807, 2.05) is 0 Å². The van der Waals surface area contributed by atoms with E-state index in [2.05, 4.69) is 13.8 Å². The third-order valence-corrected chi connectivity index (χ3v) is 3.95. The summed E-state index contributed by atoms with van der Waals surface area (Å²) in [5, 5.41) is 0. The molecule has 1 aliphatic rings. The first-order valence-electron chi connectivity index (χ1n) is 7.18. The van der Waals surface area contributed by atoms with Crippen molar-refractivity contribution >= 4 is 0 Å². The maximum absolute atomic E-state index is 6.01. The monoisotopic (exact) mass is 243 g/mol. The first kappa shape index (κ1) is 14.9. The number of rotatable bonds is 8. The molecule has 0 spiro atoms. The van der Waals surface area contributed by atoms with Crippen LogP contribution >= 0.6 is 0 Å². The molecule has 0 heterocycles. The fourth-order valence-electron chi connectivity index (χ4n) is 2.58. The van der Waals surface area contributed by atoms with E-state index in [-0.39, 0.29) is 5.60 Å². The smallest absolute Gasteiger partial charge is 0.0805 e. The van der Waals surface area contributed by atoms with Crippen LogP contribution in [-0.4, -0.2) is 32.0 Å². The highest BCUT2D eigenvalue weighted by Crippen LogP contribution is 2.35. The van der Waals surface area contributed by atoms with Gasteiger partial charge in [0.15, 0.2) is 0 Å². The van der Waals surface area contributed by atoms with Crippen molar-refractivity contribution in [1.82, 2.24) is 0 Å². The van der Waals surface area contributed by atoms with E-state index in [0.717, 1.165) is 31.8 Å². The lowest BCUT2D eigenvalue weighted by molar-refractivity contribution is -0.0884. The standard InChI is InChI=1S/C14H29NO2/c1-3-9-16-10-11-17-14(12-15)7-5-13(4-2)6-8-14/h13H,3-12,15H2,1-2H3. The van der Waals surface area contributed by atoms with Gasteiger partial charge in [-0.1, -0.05) is 20.3 Å².